The molecule has 8 heteroatoms. The molecule has 1 saturated carbocycles. The summed E-state index contributed by atoms with van der Waals surface area (Å²) in [5.74, 6) is 0.747. The van der Waals surface area contributed by atoms with Gasteiger partial charge in [0.15, 0.2) is 11.5 Å². The van der Waals surface area contributed by atoms with Gasteiger partial charge in [-0.25, -0.2) is 0 Å². The van der Waals surface area contributed by atoms with Gasteiger partial charge in [0.05, 0.1) is 12.8 Å². The van der Waals surface area contributed by atoms with Gasteiger partial charge in [0.1, 0.15) is 5.75 Å². The van der Waals surface area contributed by atoms with E-state index in [4.69, 9.17) is 4.74 Å². The lowest BCUT2D eigenvalue weighted by Gasteiger charge is -2.12. The average molecular weight is 355 g/mol. The van der Waals surface area contributed by atoms with Crippen molar-refractivity contribution in [1.29, 1.82) is 0 Å². The van der Waals surface area contributed by atoms with Crippen LogP contribution in [0.3, 0.4) is 0 Å². The third-order valence-corrected chi connectivity index (χ3v) is 4.08. The summed E-state index contributed by atoms with van der Waals surface area (Å²) in [6, 6.07) is 9.21. The number of anilines is 2. The number of aromatic nitrogens is 2. The van der Waals surface area contributed by atoms with Crippen LogP contribution in [-0.2, 0) is 11.3 Å². The van der Waals surface area contributed by atoms with Gasteiger partial charge >= 0.3 is 0 Å². The van der Waals surface area contributed by atoms with Crippen molar-refractivity contribution < 1.29 is 14.3 Å². The van der Waals surface area contributed by atoms with E-state index in [-0.39, 0.29) is 23.4 Å². The Morgan fingerprint density at radius 2 is 1.92 bits per heavy atom. The monoisotopic (exact) mass is 355 g/mol. The summed E-state index contributed by atoms with van der Waals surface area (Å²) in [6.45, 7) is 0.482. The second-order valence-electron chi connectivity index (χ2n) is 6.04. The highest BCUT2D eigenvalue weighted by Gasteiger charge is 2.30. The summed E-state index contributed by atoms with van der Waals surface area (Å²) < 4.78 is 5.14. The molecule has 1 aliphatic carbocycles. The summed E-state index contributed by atoms with van der Waals surface area (Å²) in [4.78, 5) is 23.9. The second kappa shape index (κ2) is 7.81. The number of methoxy groups -OCH3 is 1. The Balaban J connectivity index is 1.76. The van der Waals surface area contributed by atoms with E-state index in [0.29, 0.717) is 18.1 Å². The molecule has 1 aromatic heterocycles. The highest BCUT2D eigenvalue weighted by atomic mass is 16.5. The molecular weight excluding hydrogens is 334 g/mol. The average Bonchev–Trinajstić information content (AvgIpc) is 3.51. The van der Waals surface area contributed by atoms with E-state index in [9.17, 15) is 9.59 Å². The number of carbonyl (C=O) groups is 2. The normalized spacial score (nSPS) is 13.0. The van der Waals surface area contributed by atoms with Crippen molar-refractivity contribution in [2.75, 3.05) is 24.8 Å². The third-order valence-electron chi connectivity index (χ3n) is 4.08. The molecule has 26 heavy (non-hydrogen) atoms. The zero-order valence-electron chi connectivity index (χ0n) is 14.7. The van der Waals surface area contributed by atoms with Gasteiger partial charge in [-0.1, -0.05) is 12.1 Å². The van der Waals surface area contributed by atoms with Gasteiger partial charge in [-0.3, -0.25) is 9.59 Å². The lowest BCUT2D eigenvalue weighted by molar-refractivity contribution is -0.117. The summed E-state index contributed by atoms with van der Waals surface area (Å²) in [5.41, 5.74) is 1.68. The smallest absolute Gasteiger partial charge is 0.273 e. The summed E-state index contributed by atoms with van der Waals surface area (Å²) in [6.07, 6.45) is 1.80. The lowest BCUT2D eigenvalue weighted by Crippen LogP contribution is -2.23. The van der Waals surface area contributed by atoms with Crippen LogP contribution in [0.1, 0.15) is 28.9 Å². The summed E-state index contributed by atoms with van der Waals surface area (Å²) >= 11 is 0. The van der Waals surface area contributed by atoms with Crippen LogP contribution >= 0.6 is 0 Å². The number of nitrogens with one attached hydrogen (secondary N) is 3. The zero-order chi connectivity index (χ0) is 18.5. The third kappa shape index (κ3) is 4.27. The Hall–Kier alpha value is -3.16. The Labute approximate surface area is 151 Å². The Morgan fingerprint density at radius 3 is 2.54 bits per heavy atom. The van der Waals surface area contributed by atoms with E-state index in [1.165, 1.54) is 7.05 Å². The maximum atomic E-state index is 12.0. The maximum absolute atomic E-state index is 12.0. The highest BCUT2D eigenvalue weighted by Crippen LogP contribution is 2.30. The number of hydrogen-bond donors (Lipinski definition) is 3. The molecule has 1 fully saturated rings. The maximum Gasteiger partial charge on any atom is 0.273 e. The fourth-order valence-corrected chi connectivity index (χ4v) is 2.39. The van der Waals surface area contributed by atoms with Crippen molar-refractivity contribution >= 4 is 23.3 Å². The van der Waals surface area contributed by atoms with E-state index in [1.807, 2.05) is 24.3 Å². The number of amides is 2. The molecule has 3 N–H and O–H groups in total. The molecule has 2 amide bonds. The standard InChI is InChI=1S/C18H21N5O3/c1-19-18(25)16-14(20-10-11-3-7-13(26-2)8-4-11)9-15(22-23-16)21-17(24)12-5-6-12/h3-4,7-9,12H,5-6,10H2,1-2H3,(H,19,25)(H2,20,21,22,24). The number of ether oxygens (including phenoxy) is 1. The minimum absolute atomic E-state index is 0.0612. The van der Waals surface area contributed by atoms with E-state index in [2.05, 4.69) is 26.1 Å². The van der Waals surface area contributed by atoms with Gasteiger partial charge in [0.2, 0.25) is 5.91 Å². The molecule has 0 radical (unpaired) electrons. The Morgan fingerprint density at radius 1 is 1.19 bits per heavy atom. The summed E-state index contributed by atoms with van der Waals surface area (Å²) in [5, 5.41) is 16.4. The first-order valence-electron chi connectivity index (χ1n) is 8.38. The highest BCUT2D eigenvalue weighted by molar-refractivity contribution is 5.98. The number of nitrogens with zero attached hydrogens (tertiary/aromatic N) is 2. The molecule has 0 saturated heterocycles. The van der Waals surface area contributed by atoms with Gasteiger partial charge < -0.3 is 20.7 Å². The minimum atomic E-state index is -0.352. The largest absolute Gasteiger partial charge is 0.497 e. The minimum Gasteiger partial charge on any atom is -0.497 e. The van der Waals surface area contributed by atoms with Crippen LogP contribution in [-0.4, -0.2) is 36.2 Å². The van der Waals surface area contributed by atoms with E-state index in [1.54, 1.807) is 13.2 Å². The molecule has 1 aliphatic rings. The van der Waals surface area contributed by atoms with Crippen LogP contribution in [0.2, 0.25) is 0 Å². The molecule has 3 rings (SSSR count). The van der Waals surface area contributed by atoms with Gasteiger partial charge in [-0.15, -0.1) is 10.2 Å². The molecule has 8 nitrogen and oxygen atoms in total. The van der Waals surface area contributed by atoms with Crippen LogP contribution in [0.25, 0.3) is 0 Å². The van der Waals surface area contributed by atoms with E-state index in [0.717, 1.165) is 24.2 Å². The van der Waals surface area contributed by atoms with E-state index < -0.39 is 0 Å². The summed E-state index contributed by atoms with van der Waals surface area (Å²) in [7, 11) is 3.14. The van der Waals surface area contributed by atoms with Crippen LogP contribution in [0.4, 0.5) is 11.5 Å². The zero-order valence-corrected chi connectivity index (χ0v) is 14.7. The van der Waals surface area contributed by atoms with Crippen molar-refractivity contribution in [3.63, 3.8) is 0 Å². The fourth-order valence-electron chi connectivity index (χ4n) is 2.39. The van der Waals surface area contributed by atoms with Crippen molar-refractivity contribution in [3.8, 4) is 5.75 Å². The SMILES string of the molecule is CNC(=O)c1nnc(NC(=O)C2CC2)cc1NCc1ccc(OC)cc1. The molecule has 1 heterocycles. The van der Waals surface area contributed by atoms with Crippen molar-refractivity contribution in [3.05, 3.63) is 41.6 Å². The molecule has 0 atom stereocenters. The number of hydrogen-bond acceptors (Lipinski definition) is 6. The Bertz CT molecular complexity index is 803. The second-order valence-corrected chi connectivity index (χ2v) is 6.04. The van der Waals surface area contributed by atoms with E-state index >= 15 is 0 Å². The van der Waals surface area contributed by atoms with Gasteiger partial charge in [-0.05, 0) is 30.5 Å². The van der Waals surface area contributed by atoms with Crippen LogP contribution < -0.4 is 20.7 Å². The van der Waals surface area contributed by atoms with Crippen molar-refractivity contribution in [2.45, 2.75) is 19.4 Å². The predicted molar refractivity (Wildman–Crippen MR) is 97.1 cm³/mol. The number of benzene rings is 1. The molecule has 0 unspecified atom stereocenters. The van der Waals surface area contributed by atoms with Crippen molar-refractivity contribution in [1.82, 2.24) is 15.5 Å². The molecule has 1 aromatic carbocycles. The van der Waals surface area contributed by atoms with Crippen LogP contribution in [0, 0.1) is 5.92 Å². The predicted octanol–water partition coefficient (Wildman–Crippen LogP) is 1.81. The van der Waals surface area contributed by atoms with Gasteiger partial charge in [0.25, 0.3) is 5.91 Å². The fraction of sp³-hybridized carbons (Fsp3) is 0.333. The molecule has 0 spiro atoms. The quantitative estimate of drug-likeness (QED) is 0.699. The molecular formula is C18H21N5O3. The molecule has 0 bridgehead atoms. The number of rotatable bonds is 7. The first-order chi connectivity index (χ1) is 12.6. The van der Waals surface area contributed by atoms with Gasteiger partial charge in [0, 0.05) is 25.6 Å². The first-order valence-corrected chi connectivity index (χ1v) is 8.38. The molecule has 0 aliphatic heterocycles. The lowest BCUT2D eigenvalue weighted by atomic mass is 10.2. The Kier molecular flexibility index (Phi) is 5.31. The number of carbonyl (C=O) groups excluding carboxylic acids is 2. The molecule has 2 aromatic rings. The van der Waals surface area contributed by atoms with Crippen molar-refractivity contribution in [2.24, 2.45) is 5.92 Å². The van der Waals surface area contributed by atoms with Crippen LogP contribution in [0.5, 0.6) is 5.75 Å². The topological polar surface area (TPSA) is 105 Å². The molecule has 136 valence electrons. The first kappa shape index (κ1) is 17.7. The van der Waals surface area contributed by atoms with Gasteiger partial charge in [-0.2, -0.15) is 0 Å². The van der Waals surface area contributed by atoms with Crippen LogP contribution in [0.15, 0.2) is 30.3 Å².